The third-order valence-corrected chi connectivity index (χ3v) is 11.2. The number of carbonyl (C=O) groups excluding carboxylic acids is 3. The van der Waals surface area contributed by atoms with Gasteiger partial charge in [-0.25, -0.2) is 4.79 Å². The minimum absolute atomic E-state index is 0.107. The number of Topliss-reactive ketones (excluding diaryl/α,β-unsaturated/α-hetero) is 1. The molecule has 1 aromatic rings. The van der Waals surface area contributed by atoms with Crippen LogP contribution in [0, 0.1) is 28.6 Å². The summed E-state index contributed by atoms with van der Waals surface area (Å²) in [6, 6.07) is 0. The van der Waals surface area contributed by atoms with Crippen molar-refractivity contribution in [1.82, 2.24) is 5.16 Å². The standard InChI is InChI=1S/C34H47NO9/c1-8-11-12-13-24(36)43-33-16-19(5)32-15-18(4)27(37)34(32,41)28(38)20(14-21(29(32)39)26(33)31(33,6)7)17-42-30(40)25-22(9-2)35-44-23(25)10-3/h14-15,19,21,26-28,37-38,41H,8-13,16-17H2,1-7H3/t19?,21-,26+,27-,28+,32?,33-,34+/m0/s1. The number of hydrogen-bond acceptors (Lipinski definition) is 10. The number of fused-ring (bicyclic) bond motifs is 3. The van der Waals surface area contributed by atoms with Gasteiger partial charge in [-0.05, 0) is 43.3 Å². The van der Waals surface area contributed by atoms with E-state index in [1.807, 2.05) is 34.6 Å². The largest absolute Gasteiger partial charge is 0.458 e. The lowest BCUT2D eigenvalue weighted by Crippen LogP contribution is -2.65. The van der Waals surface area contributed by atoms with Gasteiger partial charge in [-0.3, -0.25) is 9.59 Å². The molecule has 0 aromatic carbocycles. The maximum atomic E-state index is 14.8. The number of carbonyl (C=O) groups is 3. The van der Waals surface area contributed by atoms with Gasteiger partial charge in [-0.1, -0.05) is 71.7 Å². The first-order chi connectivity index (χ1) is 20.7. The lowest BCUT2D eigenvalue weighted by molar-refractivity contribution is -0.191. The summed E-state index contributed by atoms with van der Waals surface area (Å²) in [4.78, 5) is 41.2. The SMILES string of the molecule is CCCCCC(=O)O[C@@]12CC(C)C34C=C(C)[C@H](O)[C@@]3(O)[C@H](O)C(COC(=O)c3c(CC)noc3CC)=C[C@H](C4=O)[C@@H]1C2(C)C. The first-order valence-electron chi connectivity index (χ1n) is 16.1. The van der Waals surface area contributed by atoms with Crippen LogP contribution in [0.4, 0.5) is 0 Å². The van der Waals surface area contributed by atoms with Crippen LogP contribution in [0.25, 0.3) is 0 Å². The molecule has 242 valence electrons. The number of allylic oxidation sites excluding steroid dienone is 1. The molecule has 1 spiro atoms. The Morgan fingerprint density at radius 3 is 2.45 bits per heavy atom. The summed E-state index contributed by atoms with van der Waals surface area (Å²) in [5.41, 5.74) is -4.40. The zero-order valence-corrected chi connectivity index (χ0v) is 26.9. The third-order valence-electron chi connectivity index (χ3n) is 11.2. The van der Waals surface area contributed by atoms with Crippen molar-refractivity contribution in [3.05, 3.63) is 40.3 Å². The van der Waals surface area contributed by atoms with E-state index >= 15 is 0 Å². The van der Waals surface area contributed by atoms with Gasteiger partial charge in [0.25, 0.3) is 0 Å². The molecule has 2 fully saturated rings. The van der Waals surface area contributed by atoms with Crippen LogP contribution in [0.2, 0.25) is 0 Å². The molecule has 10 heteroatoms. The Kier molecular flexibility index (Phi) is 8.30. The second-order valence-corrected chi connectivity index (χ2v) is 13.9. The number of aryl methyl sites for hydroxylation is 2. The van der Waals surface area contributed by atoms with Crippen molar-refractivity contribution < 1.29 is 43.7 Å². The van der Waals surface area contributed by atoms with Gasteiger partial charge in [-0.2, -0.15) is 0 Å². The van der Waals surface area contributed by atoms with Crippen molar-refractivity contribution in [3.8, 4) is 0 Å². The molecule has 2 bridgehead atoms. The summed E-state index contributed by atoms with van der Waals surface area (Å²) < 4.78 is 17.3. The number of aliphatic hydroxyl groups is 3. The molecule has 0 saturated heterocycles. The van der Waals surface area contributed by atoms with E-state index in [2.05, 4.69) is 12.1 Å². The van der Waals surface area contributed by atoms with E-state index in [9.17, 15) is 29.7 Å². The fraction of sp³-hybridized carbons (Fsp3) is 0.706. The van der Waals surface area contributed by atoms with Crippen LogP contribution >= 0.6 is 0 Å². The normalized spacial score (nSPS) is 36.8. The van der Waals surface area contributed by atoms with Crippen molar-refractivity contribution in [1.29, 1.82) is 0 Å². The monoisotopic (exact) mass is 613 g/mol. The zero-order chi connectivity index (χ0) is 32.4. The number of aliphatic hydroxyl groups excluding tert-OH is 2. The third kappa shape index (κ3) is 4.31. The van der Waals surface area contributed by atoms with Crippen LogP contribution < -0.4 is 0 Å². The zero-order valence-electron chi connectivity index (χ0n) is 26.9. The summed E-state index contributed by atoms with van der Waals surface area (Å²) in [7, 11) is 0. The van der Waals surface area contributed by atoms with Gasteiger partial charge in [0.2, 0.25) is 0 Å². The van der Waals surface area contributed by atoms with Gasteiger partial charge in [0.05, 0.1) is 11.1 Å². The Morgan fingerprint density at radius 2 is 1.82 bits per heavy atom. The van der Waals surface area contributed by atoms with E-state index < -0.39 is 64.6 Å². The number of aromatic nitrogens is 1. The summed E-state index contributed by atoms with van der Waals surface area (Å²) >= 11 is 0. The van der Waals surface area contributed by atoms with E-state index in [0.29, 0.717) is 36.3 Å². The molecule has 3 N–H and O–H groups in total. The molecule has 2 saturated carbocycles. The fourth-order valence-electron chi connectivity index (χ4n) is 8.79. The molecule has 4 aliphatic carbocycles. The molecule has 4 aliphatic rings. The predicted molar refractivity (Wildman–Crippen MR) is 159 cm³/mol. The lowest BCUT2D eigenvalue weighted by Gasteiger charge is -2.48. The number of ketones is 1. The summed E-state index contributed by atoms with van der Waals surface area (Å²) in [5, 5.41) is 39.7. The van der Waals surface area contributed by atoms with Crippen LogP contribution in [0.1, 0.15) is 102 Å². The highest BCUT2D eigenvalue weighted by molar-refractivity contribution is 5.96. The predicted octanol–water partition coefficient (Wildman–Crippen LogP) is 4.04. The van der Waals surface area contributed by atoms with Crippen LogP contribution in [0.3, 0.4) is 0 Å². The van der Waals surface area contributed by atoms with Gasteiger partial charge in [-0.15, -0.1) is 0 Å². The van der Waals surface area contributed by atoms with Gasteiger partial charge >= 0.3 is 11.9 Å². The van der Waals surface area contributed by atoms with E-state index in [-0.39, 0.29) is 35.7 Å². The van der Waals surface area contributed by atoms with E-state index in [0.717, 1.165) is 12.8 Å². The van der Waals surface area contributed by atoms with Crippen LogP contribution in [-0.2, 0) is 31.9 Å². The molecule has 10 nitrogen and oxygen atoms in total. The Hall–Kier alpha value is -2.82. The smallest absolute Gasteiger partial charge is 0.344 e. The highest BCUT2D eigenvalue weighted by Gasteiger charge is 2.83. The summed E-state index contributed by atoms with van der Waals surface area (Å²) in [6.07, 6.45) is 3.92. The van der Waals surface area contributed by atoms with Gasteiger partial charge in [0.15, 0.2) is 11.5 Å². The average molecular weight is 614 g/mol. The lowest BCUT2D eigenvalue weighted by atomic mass is 9.59. The molecular formula is C34H47NO9. The number of ether oxygens (including phenoxy) is 2. The van der Waals surface area contributed by atoms with Gasteiger partial charge in [0, 0.05) is 30.1 Å². The number of hydrogen-bond donors (Lipinski definition) is 3. The Morgan fingerprint density at radius 1 is 1.11 bits per heavy atom. The Labute approximate surface area is 258 Å². The van der Waals surface area contributed by atoms with Crippen molar-refractivity contribution in [3.63, 3.8) is 0 Å². The second kappa shape index (κ2) is 11.2. The second-order valence-electron chi connectivity index (χ2n) is 13.9. The highest BCUT2D eigenvalue weighted by atomic mass is 16.6. The number of nitrogens with zero attached hydrogens (tertiary/aromatic N) is 1. The van der Waals surface area contributed by atoms with Crippen LogP contribution in [0.15, 0.2) is 27.8 Å². The van der Waals surface area contributed by atoms with Gasteiger partial charge < -0.3 is 29.3 Å². The van der Waals surface area contributed by atoms with Crippen LogP contribution in [-0.4, -0.2) is 68.2 Å². The number of esters is 2. The van der Waals surface area contributed by atoms with Crippen LogP contribution in [0.5, 0.6) is 0 Å². The molecule has 0 radical (unpaired) electrons. The Balaban J connectivity index is 1.57. The Bertz CT molecular complexity index is 1390. The quantitative estimate of drug-likeness (QED) is 0.200. The molecule has 1 aromatic heterocycles. The minimum Gasteiger partial charge on any atom is -0.458 e. The molecular weight excluding hydrogens is 566 g/mol. The molecule has 0 amide bonds. The first-order valence-corrected chi connectivity index (χ1v) is 16.1. The topological polar surface area (TPSA) is 156 Å². The number of rotatable bonds is 10. The molecule has 5 rings (SSSR count). The van der Waals surface area contributed by atoms with Gasteiger partial charge in [0.1, 0.15) is 35.6 Å². The van der Waals surface area contributed by atoms with Crippen molar-refractivity contribution >= 4 is 17.7 Å². The molecule has 2 unspecified atom stereocenters. The van der Waals surface area contributed by atoms with E-state index in [4.69, 9.17) is 14.0 Å². The molecule has 44 heavy (non-hydrogen) atoms. The minimum atomic E-state index is -2.33. The molecule has 1 heterocycles. The van der Waals surface area contributed by atoms with Crippen molar-refractivity contribution in [2.75, 3.05) is 6.61 Å². The number of unbranched alkanes of at least 4 members (excludes halogenated alkanes) is 2. The highest BCUT2D eigenvalue weighted by Crippen LogP contribution is 2.75. The average Bonchev–Trinajstić information content (AvgIpc) is 3.23. The van der Waals surface area contributed by atoms with Crippen molar-refractivity contribution in [2.45, 2.75) is 117 Å². The first kappa shape index (κ1) is 32.6. The summed E-state index contributed by atoms with van der Waals surface area (Å²) in [6.45, 7) is 12.7. The summed E-state index contributed by atoms with van der Waals surface area (Å²) in [5.74, 6) is -2.90. The van der Waals surface area contributed by atoms with E-state index in [1.165, 1.54) is 0 Å². The van der Waals surface area contributed by atoms with Crippen molar-refractivity contribution in [2.24, 2.45) is 28.6 Å². The maximum absolute atomic E-state index is 14.8. The fourth-order valence-corrected chi connectivity index (χ4v) is 8.79. The maximum Gasteiger partial charge on any atom is 0.344 e. The molecule has 0 aliphatic heterocycles. The van der Waals surface area contributed by atoms with E-state index in [1.54, 1.807) is 19.1 Å². The molecule has 8 atom stereocenters.